The van der Waals surface area contributed by atoms with E-state index in [0.717, 1.165) is 27.8 Å². The molecule has 1 atom stereocenters. The summed E-state index contributed by atoms with van der Waals surface area (Å²) in [5.41, 5.74) is 10.6. The Hall–Kier alpha value is -3.40. The van der Waals surface area contributed by atoms with Crippen LogP contribution in [0.3, 0.4) is 0 Å². The number of nitrogens with one attached hydrogen (secondary N) is 1. The molecule has 0 saturated carbocycles. The SMILES string of the molecule is Cc1cccc(C)c1C[C@@H](NC(=O)C(c1ccccc1)c1ccccc1)C(N)=O. The highest BCUT2D eigenvalue weighted by atomic mass is 16.2. The lowest BCUT2D eigenvalue weighted by Crippen LogP contribution is -2.47. The zero-order valence-electron chi connectivity index (χ0n) is 16.8. The van der Waals surface area contributed by atoms with E-state index in [2.05, 4.69) is 5.32 Å². The summed E-state index contributed by atoms with van der Waals surface area (Å²) in [7, 11) is 0. The summed E-state index contributed by atoms with van der Waals surface area (Å²) in [6.07, 6.45) is 0.371. The topological polar surface area (TPSA) is 72.2 Å². The monoisotopic (exact) mass is 386 g/mol. The maximum atomic E-state index is 13.3. The van der Waals surface area contributed by atoms with Gasteiger partial charge in [0.05, 0.1) is 5.92 Å². The number of amides is 2. The number of hydrogen-bond acceptors (Lipinski definition) is 2. The van der Waals surface area contributed by atoms with E-state index in [1.165, 1.54) is 0 Å². The largest absolute Gasteiger partial charge is 0.368 e. The van der Waals surface area contributed by atoms with E-state index in [1.807, 2.05) is 92.7 Å². The first-order valence-electron chi connectivity index (χ1n) is 9.72. The van der Waals surface area contributed by atoms with Crippen LogP contribution < -0.4 is 11.1 Å². The van der Waals surface area contributed by atoms with Crippen molar-refractivity contribution in [3.63, 3.8) is 0 Å². The second-order valence-corrected chi connectivity index (χ2v) is 7.29. The number of nitrogens with two attached hydrogens (primary N) is 1. The number of carbonyl (C=O) groups is 2. The van der Waals surface area contributed by atoms with Gasteiger partial charge < -0.3 is 11.1 Å². The minimum atomic E-state index is -0.780. The lowest BCUT2D eigenvalue weighted by molar-refractivity contribution is -0.127. The molecule has 0 heterocycles. The third-order valence-electron chi connectivity index (χ3n) is 5.24. The molecule has 0 aliphatic heterocycles. The molecule has 0 fully saturated rings. The lowest BCUT2D eigenvalue weighted by Gasteiger charge is -2.23. The lowest BCUT2D eigenvalue weighted by atomic mass is 9.89. The summed E-state index contributed by atoms with van der Waals surface area (Å²) in [5, 5.41) is 2.90. The molecule has 0 spiro atoms. The maximum absolute atomic E-state index is 13.3. The van der Waals surface area contributed by atoms with Crippen LogP contribution >= 0.6 is 0 Å². The van der Waals surface area contributed by atoms with E-state index in [-0.39, 0.29) is 5.91 Å². The van der Waals surface area contributed by atoms with Crippen LogP contribution in [0.1, 0.15) is 33.7 Å². The van der Waals surface area contributed by atoms with Gasteiger partial charge in [0.15, 0.2) is 0 Å². The summed E-state index contributed by atoms with van der Waals surface area (Å²) in [5.74, 6) is -1.30. The van der Waals surface area contributed by atoms with Crippen molar-refractivity contribution in [2.45, 2.75) is 32.2 Å². The molecular weight excluding hydrogens is 360 g/mol. The van der Waals surface area contributed by atoms with Gasteiger partial charge in [-0.05, 0) is 41.7 Å². The fraction of sp³-hybridized carbons (Fsp3) is 0.200. The van der Waals surface area contributed by atoms with Crippen LogP contribution in [0.2, 0.25) is 0 Å². The number of carbonyl (C=O) groups excluding carboxylic acids is 2. The molecule has 29 heavy (non-hydrogen) atoms. The summed E-state index contributed by atoms with van der Waals surface area (Å²) >= 11 is 0. The highest BCUT2D eigenvalue weighted by Gasteiger charge is 2.27. The number of benzene rings is 3. The molecule has 4 nitrogen and oxygen atoms in total. The molecule has 0 aromatic heterocycles. The van der Waals surface area contributed by atoms with E-state index in [1.54, 1.807) is 0 Å². The highest BCUT2D eigenvalue weighted by Crippen LogP contribution is 2.25. The van der Waals surface area contributed by atoms with Gasteiger partial charge in [-0.3, -0.25) is 9.59 Å². The summed E-state index contributed by atoms with van der Waals surface area (Å²) in [6, 6.07) is 24.3. The number of aryl methyl sites for hydroxylation is 2. The molecule has 0 aliphatic rings. The van der Waals surface area contributed by atoms with Gasteiger partial charge in [-0.2, -0.15) is 0 Å². The first-order valence-corrected chi connectivity index (χ1v) is 9.72. The van der Waals surface area contributed by atoms with Crippen molar-refractivity contribution < 1.29 is 9.59 Å². The fourth-order valence-corrected chi connectivity index (χ4v) is 3.64. The molecule has 3 aromatic carbocycles. The van der Waals surface area contributed by atoms with Crippen LogP contribution in [0.4, 0.5) is 0 Å². The van der Waals surface area contributed by atoms with Crippen molar-refractivity contribution in [1.29, 1.82) is 0 Å². The van der Waals surface area contributed by atoms with E-state index < -0.39 is 17.9 Å². The van der Waals surface area contributed by atoms with Crippen molar-refractivity contribution in [2.75, 3.05) is 0 Å². The Bertz CT molecular complexity index is 924. The van der Waals surface area contributed by atoms with E-state index in [0.29, 0.717) is 6.42 Å². The Morgan fingerprint density at radius 3 is 1.72 bits per heavy atom. The zero-order chi connectivity index (χ0) is 20.8. The maximum Gasteiger partial charge on any atom is 0.240 e. The molecule has 148 valence electrons. The van der Waals surface area contributed by atoms with Crippen molar-refractivity contribution in [3.8, 4) is 0 Å². The predicted octanol–water partition coefficient (Wildman–Crippen LogP) is 3.65. The van der Waals surface area contributed by atoms with Gasteiger partial charge in [-0.1, -0.05) is 78.9 Å². The van der Waals surface area contributed by atoms with Crippen LogP contribution in [0.15, 0.2) is 78.9 Å². The van der Waals surface area contributed by atoms with Crippen molar-refractivity contribution in [1.82, 2.24) is 5.32 Å². The molecule has 4 heteroatoms. The van der Waals surface area contributed by atoms with Crippen LogP contribution in [-0.4, -0.2) is 17.9 Å². The molecule has 3 N–H and O–H groups in total. The van der Waals surface area contributed by atoms with E-state index in [4.69, 9.17) is 5.73 Å². The summed E-state index contributed by atoms with van der Waals surface area (Å²) in [4.78, 5) is 25.5. The normalized spacial score (nSPS) is 11.8. The van der Waals surface area contributed by atoms with E-state index in [9.17, 15) is 9.59 Å². The molecule has 2 amide bonds. The van der Waals surface area contributed by atoms with Gasteiger partial charge in [-0.25, -0.2) is 0 Å². The van der Waals surface area contributed by atoms with Gasteiger partial charge in [0.2, 0.25) is 11.8 Å². The molecule has 0 bridgehead atoms. The third kappa shape index (κ3) is 4.91. The zero-order valence-corrected chi connectivity index (χ0v) is 16.8. The highest BCUT2D eigenvalue weighted by molar-refractivity contribution is 5.92. The Morgan fingerprint density at radius 1 is 0.793 bits per heavy atom. The van der Waals surface area contributed by atoms with Crippen molar-refractivity contribution in [3.05, 3.63) is 107 Å². The minimum Gasteiger partial charge on any atom is -0.368 e. The Labute approximate surface area is 171 Å². The number of hydrogen-bond donors (Lipinski definition) is 2. The second-order valence-electron chi connectivity index (χ2n) is 7.29. The smallest absolute Gasteiger partial charge is 0.240 e. The first kappa shape index (κ1) is 20.3. The Kier molecular flexibility index (Phi) is 6.45. The van der Waals surface area contributed by atoms with E-state index >= 15 is 0 Å². The molecule has 3 aromatic rings. The molecule has 3 rings (SSSR count). The molecule has 0 saturated heterocycles. The summed E-state index contributed by atoms with van der Waals surface area (Å²) in [6.45, 7) is 4.00. The van der Waals surface area contributed by atoms with Crippen LogP contribution in [0.5, 0.6) is 0 Å². The average Bonchev–Trinajstić information content (AvgIpc) is 2.71. The second kappa shape index (κ2) is 9.20. The predicted molar refractivity (Wildman–Crippen MR) is 115 cm³/mol. The van der Waals surface area contributed by atoms with Crippen LogP contribution in [0.25, 0.3) is 0 Å². The Morgan fingerprint density at radius 2 is 1.28 bits per heavy atom. The molecule has 0 aliphatic carbocycles. The molecule has 0 unspecified atom stereocenters. The third-order valence-corrected chi connectivity index (χ3v) is 5.24. The standard InChI is InChI=1S/C25H26N2O2/c1-17-10-9-11-18(2)21(17)16-22(24(26)28)27-25(29)23(19-12-5-3-6-13-19)20-14-7-4-8-15-20/h3-15,22-23H,16H2,1-2H3,(H2,26,28)(H,27,29)/t22-/m1/s1. The van der Waals surface area contributed by atoms with Crippen LogP contribution in [0, 0.1) is 13.8 Å². The van der Waals surface area contributed by atoms with Gasteiger partial charge in [-0.15, -0.1) is 0 Å². The van der Waals surface area contributed by atoms with Crippen molar-refractivity contribution >= 4 is 11.8 Å². The quantitative estimate of drug-likeness (QED) is 0.651. The van der Waals surface area contributed by atoms with Crippen LogP contribution in [-0.2, 0) is 16.0 Å². The minimum absolute atomic E-state index is 0.238. The van der Waals surface area contributed by atoms with Gasteiger partial charge in [0.25, 0.3) is 0 Å². The van der Waals surface area contributed by atoms with Crippen molar-refractivity contribution in [2.24, 2.45) is 5.73 Å². The fourth-order valence-electron chi connectivity index (χ4n) is 3.64. The van der Waals surface area contributed by atoms with Gasteiger partial charge >= 0.3 is 0 Å². The molecule has 0 radical (unpaired) electrons. The number of rotatable bonds is 7. The molecular formula is C25H26N2O2. The Balaban J connectivity index is 1.90. The first-order chi connectivity index (χ1) is 14.0. The van der Waals surface area contributed by atoms with Gasteiger partial charge in [0.1, 0.15) is 6.04 Å². The average molecular weight is 386 g/mol. The van der Waals surface area contributed by atoms with Gasteiger partial charge in [0, 0.05) is 6.42 Å². The number of primary amides is 1. The summed E-state index contributed by atoms with van der Waals surface area (Å²) < 4.78 is 0.